The largest absolute Gasteiger partial charge is 0.360 e. The minimum absolute atomic E-state index is 0.0398. The number of aryl methyl sites for hydroxylation is 1. The lowest BCUT2D eigenvalue weighted by atomic mass is 10.1. The minimum atomic E-state index is 0.0398. The fourth-order valence-corrected chi connectivity index (χ4v) is 3.34. The Morgan fingerprint density at radius 3 is 3.00 bits per heavy atom. The highest BCUT2D eigenvalue weighted by molar-refractivity contribution is 6.29. The van der Waals surface area contributed by atoms with Crippen LogP contribution in [0.5, 0.6) is 0 Å². The Morgan fingerprint density at radius 1 is 1.38 bits per heavy atom. The van der Waals surface area contributed by atoms with Gasteiger partial charge < -0.3 is 14.0 Å². The maximum Gasteiger partial charge on any atom is 0.223 e. The van der Waals surface area contributed by atoms with E-state index in [2.05, 4.69) is 31.8 Å². The average Bonchev–Trinajstić information content (AvgIpc) is 3.26. The summed E-state index contributed by atoms with van der Waals surface area (Å²) < 4.78 is 7.10. The Labute approximate surface area is 154 Å². The topological polar surface area (TPSA) is 89.9 Å². The highest BCUT2D eigenvalue weighted by Crippen LogP contribution is 2.26. The van der Waals surface area contributed by atoms with Gasteiger partial charge in [-0.25, -0.2) is 0 Å². The Kier molecular flexibility index (Phi) is 4.42. The van der Waals surface area contributed by atoms with Crippen molar-refractivity contribution in [2.24, 2.45) is 0 Å². The van der Waals surface area contributed by atoms with Crippen LogP contribution in [0.4, 0.5) is 0 Å². The SMILES string of the molecule is C[C@H]1CN(C(=O)CCc2cc(Cl)no2)Cc2nnc(-c3ccccn3)n21. The summed E-state index contributed by atoms with van der Waals surface area (Å²) in [5.41, 5.74) is 0.778. The molecule has 9 heteroatoms. The van der Waals surface area contributed by atoms with Gasteiger partial charge in [0.05, 0.1) is 12.6 Å². The van der Waals surface area contributed by atoms with Crippen molar-refractivity contribution in [2.75, 3.05) is 6.54 Å². The van der Waals surface area contributed by atoms with E-state index < -0.39 is 0 Å². The molecule has 4 rings (SSSR count). The third-order valence-electron chi connectivity index (χ3n) is 4.39. The third-order valence-corrected chi connectivity index (χ3v) is 4.56. The van der Waals surface area contributed by atoms with Gasteiger partial charge >= 0.3 is 0 Å². The number of fused-ring (bicyclic) bond motifs is 1. The predicted molar refractivity (Wildman–Crippen MR) is 93.2 cm³/mol. The molecular formula is C17H17ClN6O2. The molecule has 0 unspecified atom stereocenters. The molecule has 1 aliphatic heterocycles. The molecule has 134 valence electrons. The quantitative estimate of drug-likeness (QED) is 0.699. The number of pyridine rings is 1. The van der Waals surface area contributed by atoms with Gasteiger partial charge in [0.2, 0.25) is 5.91 Å². The van der Waals surface area contributed by atoms with E-state index in [1.807, 2.05) is 18.2 Å². The van der Waals surface area contributed by atoms with Crippen molar-refractivity contribution >= 4 is 17.5 Å². The van der Waals surface area contributed by atoms with Crippen molar-refractivity contribution < 1.29 is 9.32 Å². The van der Waals surface area contributed by atoms with Gasteiger partial charge in [0, 0.05) is 31.6 Å². The fraction of sp³-hybridized carbons (Fsp3) is 0.353. The second-order valence-corrected chi connectivity index (χ2v) is 6.65. The number of nitrogens with zero attached hydrogens (tertiary/aromatic N) is 6. The first-order chi connectivity index (χ1) is 12.6. The van der Waals surface area contributed by atoms with Crippen LogP contribution in [-0.4, -0.2) is 42.3 Å². The molecule has 8 nitrogen and oxygen atoms in total. The van der Waals surface area contributed by atoms with Gasteiger partial charge in [-0.1, -0.05) is 22.8 Å². The zero-order valence-electron chi connectivity index (χ0n) is 14.2. The zero-order valence-corrected chi connectivity index (χ0v) is 14.9. The standard InChI is InChI=1S/C17H17ClN6O2/c1-11-9-23(16(25)6-5-12-8-14(18)22-26-12)10-15-20-21-17(24(11)15)13-4-2-3-7-19-13/h2-4,7-8,11H,5-6,9-10H2,1H3/t11-/m0/s1. The number of carbonyl (C=O) groups excluding carboxylic acids is 1. The Morgan fingerprint density at radius 2 is 2.27 bits per heavy atom. The van der Waals surface area contributed by atoms with Crippen LogP contribution in [0.25, 0.3) is 11.5 Å². The molecule has 0 bridgehead atoms. The second kappa shape index (κ2) is 6.87. The van der Waals surface area contributed by atoms with E-state index in [1.54, 1.807) is 17.2 Å². The first kappa shape index (κ1) is 16.7. The number of hydrogen-bond acceptors (Lipinski definition) is 6. The highest BCUT2D eigenvalue weighted by Gasteiger charge is 2.29. The molecular weight excluding hydrogens is 356 g/mol. The number of hydrogen-bond donors (Lipinski definition) is 0. The number of aromatic nitrogens is 5. The molecule has 26 heavy (non-hydrogen) atoms. The molecule has 1 aliphatic rings. The Balaban J connectivity index is 1.48. The van der Waals surface area contributed by atoms with Crippen molar-refractivity contribution in [3.63, 3.8) is 0 Å². The fourth-order valence-electron chi connectivity index (χ4n) is 3.18. The second-order valence-electron chi connectivity index (χ2n) is 6.26. The monoisotopic (exact) mass is 372 g/mol. The van der Waals surface area contributed by atoms with E-state index >= 15 is 0 Å². The van der Waals surface area contributed by atoms with E-state index in [0.717, 1.165) is 17.3 Å². The van der Waals surface area contributed by atoms with Gasteiger partial charge in [0.25, 0.3) is 0 Å². The van der Waals surface area contributed by atoms with Crippen LogP contribution in [0.1, 0.15) is 31.0 Å². The summed E-state index contributed by atoms with van der Waals surface area (Å²) in [5, 5.41) is 12.5. The summed E-state index contributed by atoms with van der Waals surface area (Å²) in [6, 6.07) is 7.38. The zero-order chi connectivity index (χ0) is 18.1. The summed E-state index contributed by atoms with van der Waals surface area (Å²) in [7, 11) is 0. The van der Waals surface area contributed by atoms with E-state index in [-0.39, 0.29) is 11.9 Å². The molecule has 3 aromatic rings. The first-order valence-electron chi connectivity index (χ1n) is 8.36. The van der Waals surface area contributed by atoms with Gasteiger partial charge in [-0.15, -0.1) is 10.2 Å². The van der Waals surface area contributed by atoms with Crippen molar-refractivity contribution in [3.05, 3.63) is 47.2 Å². The van der Waals surface area contributed by atoms with Crippen LogP contribution < -0.4 is 0 Å². The maximum absolute atomic E-state index is 12.6. The van der Waals surface area contributed by atoms with E-state index in [0.29, 0.717) is 36.8 Å². The van der Waals surface area contributed by atoms with Crippen molar-refractivity contribution in [3.8, 4) is 11.5 Å². The van der Waals surface area contributed by atoms with Gasteiger partial charge in [0.15, 0.2) is 16.8 Å². The molecule has 0 aromatic carbocycles. The Bertz CT molecular complexity index is 922. The summed E-state index contributed by atoms with van der Waals surface area (Å²) in [6.07, 6.45) is 2.53. The molecule has 1 atom stereocenters. The lowest BCUT2D eigenvalue weighted by Crippen LogP contribution is -2.40. The van der Waals surface area contributed by atoms with Crippen molar-refractivity contribution in [1.82, 2.24) is 29.8 Å². The average molecular weight is 373 g/mol. The van der Waals surface area contributed by atoms with Gasteiger partial charge in [-0.2, -0.15) is 0 Å². The Hall–Kier alpha value is -2.74. The molecule has 4 heterocycles. The van der Waals surface area contributed by atoms with Crippen molar-refractivity contribution in [2.45, 2.75) is 32.4 Å². The van der Waals surface area contributed by atoms with Gasteiger partial charge in [-0.05, 0) is 19.1 Å². The van der Waals surface area contributed by atoms with E-state index in [4.69, 9.17) is 16.1 Å². The van der Waals surface area contributed by atoms with Gasteiger partial charge in [-0.3, -0.25) is 9.78 Å². The predicted octanol–water partition coefficient (Wildman–Crippen LogP) is 2.52. The van der Waals surface area contributed by atoms with Crippen LogP contribution in [-0.2, 0) is 17.8 Å². The van der Waals surface area contributed by atoms with E-state index in [1.165, 1.54) is 0 Å². The van der Waals surface area contributed by atoms with Crippen LogP contribution in [0.15, 0.2) is 35.0 Å². The van der Waals surface area contributed by atoms with Crippen LogP contribution in [0.2, 0.25) is 5.15 Å². The number of rotatable bonds is 4. The lowest BCUT2D eigenvalue weighted by molar-refractivity contribution is -0.133. The number of halogens is 1. The summed E-state index contributed by atoms with van der Waals surface area (Å²) >= 11 is 5.73. The van der Waals surface area contributed by atoms with Crippen LogP contribution in [0.3, 0.4) is 0 Å². The lowest BCUT2D eigenvalue weighted by Gasteiger charge is -2.32. The molecule has 0 spiro atoms. The minimum Gasteiger partial charge on any atom is -0.360 e. The molecule has 0 saturated carbocycles. The molecule has 0 fully saturated rings. The van der Waals surface area contributed by atoms with Crippen molar-refractivity contribution in [1.29, 1.82) is 0 Å². The summed E-state index contributed by atoms with van der Waals surface area (Å²) in [4.78, 5) is 18.7. The first-order valence-corrected chi connectivity index (χ1v) is 8.73. The van der Waals surface area contributed by atoms with Gasteiger partial charge in [0.1, 0.15) is 11.5 Å². The molecule has 3 aromatic heterocycles. The molecule has 0 saturated heterocycles. The van der Waals surface area contributed by atoms with E-state index in [9.17, 15) is 4.79 Å². The summed E-state index contributed by atoms with van der Waals surface area (Å²) in [6.45, 7) is 3.08. The van der Waals surface area contributed by atoms with Crippen LogP contribution in [0, 0.1) is 0 Å². The molecule has 1 amide bonds. The molecule has 0 radical (unpaired) electrons. The number of amides is 1. The number of carbonyl (C=O) groups is 1. The summed E-state index contributed by atoms with van der Waals surface area (Å²) in [5.74, 6) is 2.14. The maximum atomic E-state index is 12.6. The normalized spacial score (nSPS) is 16.5. The van der Waals surface area contributed by atoms with Crippen LogP contribution >= 0.6 is 11.6 Å². The molecule has 0 N–H and O–H groups in total. The highest BCUT2D eigenvalue weighted by atomic mass is 35.5. The smallest absolute Gasteiger partial charge is 0.223 e. The third kappa shape index (κ3) is 3.20. The molecule has 0 aliphatic carbocycles.